The predicted octanol–water partition coefficient (Wildman–Crippen LogP) is 1.04. The highest BCUT2D eigenvalue weighted by Gasteiger charge is 2.19. The van der Waals surface area contributed by atoms with E-state index in [9.17, 15) is 0 Å². The molecule has 1 aromatic heterocycles. The van der Waals surface area contributed by atoms with Crippen molar-refractivity contribution in [2.45, 2.75) is 25.9 Å². The Labute approximate surface area is 105 Å². The highest BCUT2D eigenvalue weighted by molar-refractivity contribution is 6.00. The topological polar surface area (TPSA) is 90.0 Å². The summed E-state index contributed by atoms with van der Waals surface area (Å²) in [7, 11) is 0. The quantitative estimate of drug-likeness (QED) is 0.361. The van der Waals surface area contributed by atoms with Gasteiger partial charge in [-0.2, -0.15) is 0 Å². The molecular formula is C12H17N3O3. The molecule has 98 valence electrons. The Morgan fingerprint density at radius 2 is 2.56 bits per heavy atom. The zero-order valence-corrected chi connectivity index (χ0v) is 10.3. The van der Waals surface area contributed by atoms with Crippen LogP contribution in [0.25, 0.3) is 0 Å². The van der Waals surface area contributed by atoms with Crippen LogP contribution in [-0.4, -0.2) is 35.3 Å². The molecule has 1 fully saturated rings. The lowest BCUT2D eigenvalue weighted by Gasteiger charge is -2.14. The van der Waals surface area contributed by atoms with Crippen molar-refractivity contribution in [1.29, 1.82) is 0 Å². The third-order valence-corrected chi connectivity index (χ3v) is 2.92. The molecular weight excluding hydrogens is 234 g/mol. The summed E-state index contributed by atoms with van der Waals surface area (Å²) >= 11 is 0. The van der Waals surface area contributed by atoms with E-state index in [2.05, 4.69) is 10.1 Å². The van der Waals surface area contributed by atoms with Crippen LogP contribution in [0.15, 0.2) is 17.4 Å². The molecule has 1 unspecified atom stereocenters. The molecule has 2 rings (SSSR count). The van der Waals surface area contributed by atoms with Gasteiger partial charge in [0.25, 0.3) is 0 Å². The normalized spacial score (nSPS) is 20.1. The summed E-state index contributed by atoms with van der Waals surface area (Å²) < 4.78 is 11.1. The zero-order chi connectivity index (χ0) is 13.0. The molecule has 6 heteroatoms. The lowest BCUT2D eigenvalue weighted by molar-refractivity contribution is 0.0662. The molecule has 0 radical (unpaired) electrons. The highest BCUT2D eigenvalue weighted by Crippen LogP contribution is 2.20. The Bertz CT molecular complexity index is 442. The van der Waals surface area contributed by atoms with Crippen molar-refractivity contribution in [1.82, 2.24) is 4.98 Å². The number of amidine groups is 1. The number of hydrogen-bond donors (Lipinski definition) is 2. The number of oxime groups is 1. The number of hydrogen-bond acceptors (Lipinski definition) is 5. The van der Waals surface area contributed by atoms with E-state index >= 15 is 0 Å². The average Bonchev–Trinajstić information content (AvgIpc) is 2.88. The summed E-state index contributed by atoms with van der Waals surface area (Å²) in [6, 6.07) is 1.78. The van der Waals surface area contributed by atoms with Crippen molar-refractivity contribution >= 4 is 5.84 Å². The van der Waals surface area contributed by atoms with Crippen molar-refractivity contribution in [3.63, 3.8) is 0 Å². The number of rotatable bonds is 4. The van der Waals surface area contributed by atoms with Crippen LogP contribution in [0.4, 0.5) is 0 Å². The molecule has 0 saturated carbocycles. The largest absolute Gasteiger partial charge is 0.474 e. The smallest absolute Gasteiger partial charge is 0.224 e. The van der Waals surface area contributed by atoms with Gasteiger partial charge in [-0.3, -0.25) is 0 Å². The van der Waals surface area contributed by atoms with Crippen LogP contribution in [0, 0.1) is 6.92 Å². The fraction of sp³-hybridized carbons (Fsp3) is 0.500. The number of nitrogens with zero attached hydrogens (tertiary/aromatic N) is 2. The average molecular weight is 251 g/mol. The molecule has 0 aromatic carbocycles. The molecule has 6 nitrogen and oxygen atoms in total. The van der Waals surface area contributed by atoms with Gasteiger partial charge in [-0.1, -0.05) is 5.16 Å². The highest BCUT2D eigenvalue weighted by atomic mass is 16.5. The van der Waals surface area contributed by atoms with E-state index in [1.54, 1.807) is 12.3 Å². The Kier molecular flexibility index (Phi) is 3.99. The number of nitrogens with two attached hydrogens (primary N) is 1. The molecule has 0 amide bonds. The van der Waals surface area contributed by atoms with Crippen LogP contribution < -0.4 is 10.5 Å². The first-order valence-corrected chi connectivity index (χ1v) is 5.90. The summed E-state index contributed by atoms with van der Waals surface area (Å²) in [5, 5.41) is 11.8. The van der Waals surface area contributed by atoms with Crippen LogP contribution in [0.5, 0.6) is 5.88 Å². The van der Waals surface area contributed by atoms with Crippen LogP contribution in [0.2, 0.25) is 0 Å². The Hall–Kier alpha value is -1.82. The lowest BCUT2D eigenvalue weighted by atomic mass is 10.1. The molecule has 0 spiro atoms. The molecule has 2 heterocycles. The third kappa shape index (κ3) is 2.70. The summed E-state index contributed by atoms with van der Waals surface area (Å²) in [5.41, 5.74) is 7.00. The van der Waals surface area contributed by atoms with Gasteiger partial charge in [-0.05, 0) is 31.4 Å². The molecule has 3 N–H and O–H groups in total. The minimum atomic E-state index is 0.00272. The Morgan fingerprint density at radius 1 is 1.72 bits per heavy atom. The minimum Gasteiger partial charge on any atom is -0.474 e. The molecule has 0 bridgehead atoms. The Balaban J connectivity index is 2.13. The predicted molar refractivity (Wildman–Crippen MR) is 66.0 cm³/mol. The Morgan fingerprint density at radius 3 is 3.22 bits per heavy atom. The molecule has 18 heavy (non-hydrogen) atoms. The van der Waals surface area contributed by atoms with Gasteiger partial charge in [-0.25, -0.2) is 4.98 Å². The van der Waals surface area contributed by atoms with Gasteiger partial charge >= 0.3 is 0 Å². The van der Waals surface area contributed by atoms with Gasteiger partial charge in [-0.15, -0.1) is 0 Å². The number of aryl methyl sites for hydroxylation is 1. The van der Waals surface area contributed by atoms with E-state index < -0.39 is 0 Å². The molecule has 0 aliphatic carbocycles. The fourth-order valence-electron chi connectivity index (χ4n) is 1.95. The zero-order valence-electron chi connectivity index (χ0n) is 10.3. The SMILES string of the molecule is Cc1ccnc(OCC2CCCO2)c1/C(N)=N/O. The third-order valence-electron chi connectivity index (χ3n) is 2.92. The van der Waals surface area contributed by atoms with Gasteiger partial charge in [0, 0.05) is 12.8 Å². The van der Waals surface area contributed by atoms with E-state index in [1.807, 2.05) is 6.92 Å². The van der Waals surface area contributed by atoms with Crippen molar-refractivity contribution in [2.75, 3.05) is 13.2 Å². The second-order valence-corrected chi connectivity index (χ2v) is 4.24. The first-order valence-electron chi connectivity index (χ1n) is 5.90. The summed E-state index contributed by atoms with van der Waals surface area (Å²) in [5.74, 6) is 0.378. The molecule has 1 aliphatic heterocycles. The van der Waals surface area contributed by atoms with Crippen LogP contribution in [0.1, 0.15) is 24.0 Å². The standard InChI is InChI=1S/C12H17N3O3/c1-8-4-5-14-12(10(8)11(13)15-16)18-7-9-3-2-6-17-9/h4-5,9,16H,2-3,6-7H2,1H3,(H2,13,15). The van der Waals surface area contributed by atoms with Gasteiger partial charge in [0.1, 0.15) is 6.61 Å². The summed E-state index contributed by atoms with van der Waals surface area (Å²) in [4.78, 5) is 4.12. The van der Waals surface area contributed by atoms with Gasteiger partial charge < -0.3 is 20.4 Å². The van der Waals surface area contributed by atoms with E-state index in [0.29, 0.717) is 18.1 Å². The first-order chi connectivity index (χ1) is 8.72. The molecule has 1 atom stereocenters. The molecule has 1 aliphatic rings. The second-order valence-electron chi connectivity index (χ2n) is 4.24. The lowest BCUT2D eigenvalue weighted by Crippen LogP contribution is -2.21. The van der Waals surface area contributed by atoms with Crippen LogP contribution in [0.3, 0.4) is 0 Å². The van der Waals surface area contributed by atoms with Crippen molar-refractivity contribution in [3.8, 4) is 5.88 Å². The van der Waals surface area contributed by atoms with Crippen molar-refractivity contribution < 1.29 is 14.7 Å². The second kappa shape index (κ2) is 5.68. The molecule has 1 saturated heterocycles. The number of aromatic nitrogens is 1. The van der Waals surface area contributed by atoms with Crippen LogP contribution >= 0.6 is 0 Å². The van der Waals surface area contributed by atoms with E-state index in [-0.39, 0.29) is 11.9 Å². The van der Waals surface area contributed by atoms with Gasteiger partial charge in [0.15, 0.2) is 5.84 Å². The first kappa shape index (κ1) is 12.6. The van der Waals surface area contributed by atoms with E-state index in [0.717, 1.165) is 25.0 Å². The van der Waals surface area contributed by atoms with Crippen molar-refractivity contribution in [2.24, 2.45) is 10.9 Å². The van der Waals surface area contributed by atoms with E-state index in [1.165, 1.54) is 0 Å². The number of pyridine rings is 1. The van der Waals surface area contributed by atoms with Gasteiger partial charge in [0.2, 0.25) is 5.88 Å². The van der Waals surface area contributed by atoms with Crippen molar-refractivity contribution in [3.05, 3.63) is 23.4 Å². The summed E-state index contributed by atoms with van der Waals surface area (Å²) in [6.45, 7) is 3.07. The van der Waals surface area contributed by atoms with Crippen LogP contribution in [-0.2, 0) is 4.74 Å². The molecule has 1 aromatic rings. The fourth-order valence-corrected chi connectivity index (χ4v) is 1.95. The summed E-state index contributed by atoms with van der Waals surface area (Å²) in [6.07, 6.45) is 3.79. The minimum absolute atomic E-state index is 0.00272. The van der Waals surface area contributed by atoms with Gasteiger partial charge in [0.05, 0.1) is 11.7 Å². The number of ether oxygens (including phenoxy) is 2. The van der Waals surface area contributed by atoms with E-state index in [4.69, 9.17) is 20.4 Å². The maximum absolute atomic E-state index is 8.77. The maximum Gasteiger partial charge on any atom is 0.224 e. The monoisotopic (exact) mass is 251 g/mol. The maximum atomic E-state index is 8.77.